The third-order valence-corrected chi connectivity index (χ3v) is 4.50. The smallest absolute Gasteiger partial charge is 0.351 e. The highest BCUT2D eigenvalue weighted by molar-refractivity contribution is 6.09. The van der Waals surface area contributed by atoms with Gasteiger partial charge in [-0.3, -0.25) is 4.79 Å². The summed E-state index contributed by atoms with van der Waals surface area (Å²) in [6.45, 7) is 5.51. The lowest BCUT2D eigenvalue weighted by Gasteiger charge is -2.10. The third-order valence-electron chi connectivity index (χ3n) is 4.50. The molecule has 0 fully saturated rings. The molecule has 0 aliphatic rings. The van der Waals surface area contributed by atoms with Gasteiger partial charge in [0.25, 0.3) is 0 Å². The van der Waals surface area contributed by atoms with Gasteiger partial charge in [-0.15, -0.1) is 0 Å². The number of hydrogen-bond donors (Lipinski definition) is 2. The van der Waals surface area contributed by atoms with Gasteiger partial charge in [-0.1, -0.05) is 51.0 Å². The van der Waals surface area contributed by atoms with E-state index in [9.17, 15) is 19.5 Å². The number of Topliss-reactive ketones (excluding diaryl/α,β-unsaturated/α-hetero) is 1. The summed E-state index contributed by atoms with van der Waals surface area (Å²) in [7, 11) is 0. The van der Waals surface area contributed by atoms with Crippen LogP contribution in [0.15, 0.2) is 51.2 Å². The first-order valence-electron chi connectivity index (χ1n) is 9.92. The fourth-order valence-electron chi connectivity index (χ4n) is 2.72. The number of rotatable bonds is 12. The normalized spacial score (nSPS) is 13.3. The van der Waals surface area contributed by atoms with Crippen molar-refractivity contribution in [3.8, 4) is 5.75 Å². The lowest BCUT2D eigenvalue weighted by molar-refractivity contribution is -0.131. The maximum atomic E-state index is 12.5. The van der Waals surface area contributed by atoms with Crippen LogP contribution in [0.1, 0.15) is 81.3 Å². The van der Waals surface area contributed by atoms with Crippen LogP contribution in [0.2, 0.25) is 0 Å². The van der Waals surface area contributed by atoms with Gasteiger partial charge in [0.05, 0.1) is 0 Å². The van der Waals surface area contributed by atoms with E-state index in [1.807, 2.05) is 6.08 Å². The first kappa shape index (κ1) is 24.1. The van der Waals surface area contributed by atoms with Gasteiger partial charge in [0, 0.05) is 18.1 Å². The summed E-state index contributed by atoms with van der Waals surface area (Å²) in [5.41, 5.74) is -0.920. The zero-order valence-electron chi connectivity index (χ0n) is 17.3. The van der Waals surface area contributed by atoms with Crippen molar-refractivity contribution < 1.29 is 24.2 Å². The van der Waals surface area contributed by atoms with Crippen LogP contribution in [0, 0.1) is 0 Å². The fourth-order valence-corrected chi connectivity index (χ4v) is 2.72. The molecule has 0 bridgehead atoms. The molecule has 0 spiro atoms. The first-order chi connectivity index (χ1) is 13.8. The van der Waals surface area contributed by atoms with E-state index in [4.69, 9.17) is 9.52 Å². The van der Waals surface area contributed by atoms with Crippen molar-refractivity contribution in [1.82, 2.24) is 0 Å². The summed E-state index contributed by atoms with van der Waals surface area (Å²) < 4.78 is 5.25. The lowest BCUT2D eigenvalue weighted by Crippen LogP contribution is -2.16. The highest BCUT2D eigenvalue weighted by Gasteiger charge is 2.21. The number of carbonyl (C=O) groups excluding carboxylic acids is 1. The van der Waals surface area contributed by atoms with Crippen LogP contribution in [-0.2, 0) is 4.79 Å². The Labute approximate surface area is 171 Å². The van der Waals surface area contributed by atoms with Crippen LogP contribution in [0.4, 0.5) is 0 Å². The van der Waals surface area contributed by atoms with Gasteiger partial charge in [-0.25, -0.2) is 9.59 Å². The molecule has 158 valence electrons. The molecule has 1 aromatic heterocycles. The first-order valence-corrected chi connectivity index (χ1v) is 9.92. The van der Waals surface area contributed by atoms with Gasteiger partial charge in [0.2, 0.25) is 0 Å². The van der Waals surface area contributed by atoms with E-state index in [0.29, 0.717) is 18.4 Å². The maximum Gasteiger partial charge on any atom is 0.351 e. The van der Waals surface area contributed by atoms with Crippen LogP contribution in [-0.4, -0.2) is 22.0 Å². The minimum atomic E-state index is -1.02. The highest BCUT2D eigenvalue weighted by atomic mass is 16.4. The second-order valence-corrected chi connectivity index (χ2v) is 7.02. The van der Waals surface area contributed by atoms with Gasteiger partial charge in [0.1, 0.15) is 17.1 Å². The monoisotopic (exact) mass is 402 g/mol. The molecule has 0 amide bonds. The summed E-state index contributed by atoms with van der Waals surface area (Å²) in [5, 5.41) is 18.8. The quantitative estimate of drug-likeness (QED) is 0.217. The molecular formula is C23H30O6. The van der Waals surface area contributed by atoms with E-state index in [-0.39, 0.29) is 17.2 Å². The van der Waals surface area contributed by atoms with Crippen LogP contribution in [0.3, 0.4) is 0 Å². The van der Waals surface area contributed by atoms with E-state index in [0.717, 1.165) is 31.8 Å². The number of aliphatic carboxylic acids is 1. The molecule has 0 aliphatic carbocycles. The molecule has 2 N–H and O–H groups in total. The Morgan fingerprint density at radius 3 is 2.55 bits per heavy atom. The van der Waals surface area contributed by atoms with E-state index < -0.39 is 23.1 Å². The molecule has 1 rings (SSSR count). The van der Waals surface area contributed by atoms with E-state index >= 15 is 0 Å². The summed E-state index contributed by atoms with van der Waals surface area (Å²) in [4.78, 5) is 35.3. The predicted octanol–water partition coefficient (Wildman–Crippen LogP) is 5.14. The Hall–Kier alpha value is -2.89. The van der Waals surface area contributed by atoms with Crippen LogP contribution in [0.25, 0.3) is 0 Å². The number of hydrogen-bond acceptors (Lipinski definition) is 5. The molecule has 0 aromatic carbocycles. The summed E-state index contributed by atoms with van der Waals surface area (Å²) in [6.07, 6.45) is 13.3. The van der Waals surface area contributed by atoms with Crippen molar-refractivity contribution in [2.24, 2.45) is 0 Å². The third kappa shape index (κ3) is 8.34. The number of carboxylic acids is 1. The minimum Gasteiger partial charge on any atom is -0.507 e. The van der Waals surface area contributed by atoms with Crippen LogP contribution >= 0.6 is 0 Å². The van der Waals surface area contributed by atoms with Crippen molar-refractivity contribution in [3.05, 3.63) is 63.8 Å². The zero-order valence-corrected chi connectivity index (χ0v) is 17.3. The van der Waals surface area contributed by atoms with Gasteiger partial charge in [0.15, 0.2) is 5.78 Å². The number of ketones is 1. The number of unbranched alkanes of at least 4 members (excludes halogenated alkanes) is 3. The van der Waals surface area contributed by atoms with Crippen molar-refractivity contribution >= 4 is 11.8 Å². The van der Waals surface area contributed by atoms with Crippen molar-refractivity contribution in [1.29, 1.82) is 0 Å². The molecule has 1 aromatic rings. The van der Waals surface area contributed by atoms with Crippen molar-refractivity contribution in [2.45, 2.75) is 65.2 Å². The standard InChI is InChI=1S/C23H30O6/c1-4-5-6-7-8-9-13-17(3)22(27)21-18(24)15-19(29-23(21)28)16(2)12-10-11-14-20(25)26/h8-9,11,13-16,24H,4-7,10,12H2,1-3H3,(H,25,26)/b9-8+,14-11+,17-13+/t16-/m1/s1. The second kappa shape index (κ2) is 12.5. The molecule has 6 heteroatoms. The molecule has 1 heterocycles. The van der Waals surface area contributed by atoms with Crippen LogP contribution in [0.5, 0.6) is 5.75 Å². The predicted molar refractivity (Wildman–Crippen MR) is 112 cm³/mol. The van der Waals surface area contributed by atoms with E-state index in [1.54, 1.807) is 26.0 Å². The molecule has 0 saturated carbocycles. The van der Waals surface area contributed by atoms with Crippen LogP contribution < -0.4 is 5.63 Å². The largest absolute Gasteiger partial charge is 0.507 e. The molecule has 0 aliphatic heterocycles. The average Bonchev–Trinajstić information content (AvgIpc) is 2.66. The Balaban J connectivity index is 2.86. The van der Waals surface area contributed by atoms with Gasteiger partial charge in [-0.2, -0.15) is 0 Å². The minimum absolute atomic E-state index is 0.223. The Kier molecular flexibility index (Phi) is 10.4. The highest BCUT2D eigenvalue weighted by Crippen LogP contribution is 2.25. The second-order valence-electron chi connectivity index (χ2n) is 7.02. The fraction of sp³-hybridized carbons (Fsp3) is 0.435. The van der Waals surface area contributed by atoms with E-state index in [1.165, 1.54) is 12.1 Å². The van der Waals surface area contributed by atoms with Gasteiger partial charge in [-0.05, 0) is 38.2 Å². The number of allylic oxidation sites excluding steroid dienone is 5. The summed E-state index contributed by atoms with van der Waals surface area (Å²) in [5.74, 6) is -1.97. The van der Waals surface area contributed by atoms with Crippen molar-refractivity contribution in [3.63, 3.8) is 0 Å². The van der Waals surface area contributed by atoms with Gasteiger partial charge < -0.3 is 14.6 Å². The molecule has 29 heavy (non-hydrogen) atoms. The molecular weight excluding hydrogens is 372 g/mol. The SMILES string of the molecule is CCCCC/C=C/C=C(\C)C(=O)c1c(O)cc([C@H](C)CC/C=C/C(=O)O)oc1=O. The Morgan fingerprint density at radius 1 is 1.21 bits per heavy atom. The molecule has 1 atom stereocenters. The maximum absolute atomic E-state index is 12.5. The summed E-state index contributed by atoms with van der Waals surface area (Å²) in [6, 6.07) is 1.29. The number of carboxylic acid groups (broad SMARTS) is 1. The topological polar surface area (TPSA) is 105 Å². The van der Waals surface area contributed by atoms with Crippen molar-refractivity contribution in [2.75, 3.05) is 0 Å². The van der Waals surface area contributed by atoms with E-state index in [2.05, 4.69) is 6.92 Å². The summed E-state index contributed by atoms with van der Waals surface area (Å²) >= 11 is 0. The number of carbonyl (C=O) groups is 2. The zero-order chi connectivity index (χ0) is 21.8. The average molecular weight is 402 g/mol. The van der Waals surface area contributed by atoms with Gasteiger partial charge >= 0.3 is 11.6 Å². The molecule has 0 radical (unpaired) electrons. The molecule has 6 nitrogen and oxygen atoms in total. The molecule has 0 saturated heterocycles. The Morgan fingerprint density at radius 2 is 1.93 bits per heavy atom. The Bertz CT molecular complexity index is 841. The number of aromatic hydroxyl groups is 1. The lowest BCUT2D eigenvalue weighted by atomic mass is 9.99. The molecule has 0 unspecified atom stereocenters.